The summed E-state index contributed by atoms with van der Waals surface area (Å²) in [5, 5.41) is 21.3. The Bertz CT molecular complexity index is 350. The van der Waals surface area contributed by atoms with Gasteiger partial charge in [0.15, 0.2) is 0 Å². The third-order valence-electron chi connectivity index (χ3n) is 4.32. The first kappa shape index (κ1) is 17.8. The SMILES string of the molecule is CC(C)N(CCO)C(=O)NCC1(C(=O)O)CCCCCC1. The highest BCUT2D eigenvalue weighted by molar-refractivity contribution is 5.78. The van der Waals surface area contributed by atoms with Gasteiger partial charge in [0, 0.05) is 19.1 Å². The van der Waals surface area contributed by atoms with Gasteiger partial charge in [0.2, 0.25) is 0 Å². The fourth-order valence-electron chi connectivity index (χ4n) is 2.92. The van der Waals surface area contributed by atoms with Crippen LogP contribution in [0.1, 0.15) is 52.4 Å². The smallest absolute Gasteiger partial charge is 0.317 e. The summed E-state index contributed by atoms with van der Waals surface area (Å²) in [6.07, 6.45) is 5.14. The number of carboxylic acids is 1. The van der Waals surface area contributed by atoms with Gasteiger partial charge in [-0.05, 0) is 26.7 Å². The first-order chi connectivity index (χ1) is 9.93. The van der Waals surface area contributed by atoms with Crippen molar-refractivity contribution in [2.75, 3.05) is 19.7 Å². The van der Waals surface area contributed by atoms with Crippen LogP contribution in [-0.2, 0) is 4.79 Å². The van der Waals surface area contributed by atoms with E-state index in [0.717, 1.165) is 25.7 Å². The van der Waals surface area contributed by atoms with Gasteiger partial charge in [-0.3, -0.25) is 4.79 Å². The van der Waals surface area contributed by atoms with Crippen LogP contribution in [-0.4, -0.2) is 52.9 Å². The summed E-state index contributed by atoms with van der Waals surface area (Å²) in [5.74, 6) is -0.817. The van der Waals surface area contributed by atoms with Crippen molar-refractivity contribution in [1.82, 2.24) is 10.2 Å². The van der Waals surface area contributed by atoms with E-state index in [0.29, 0.717) is 12.8 Å². The Hall–Kier alpha value is -1.30. The zero-order chi connectivity index (χ0) is 15.9. The monoisotopic (exact) mass is 300 g/mol. The van der Waals surface area contributed by atoms with Crippen LogP contribution in [0.4, 0.5) is 4.79 Å². The van der Waals surface area contributed by atoms with E-state index in [9.17, 15) is 14.7 Å². The van der Waals surface area contributed by atoms with E-state index >= 15 is 0 Å². The van der Waals surface area contributed by atoms with Crippen LogP contribution < -0.4 is 5.32 Å². The molecular weight excluding hydrogens is 272 g/mol. The number of aliphatic carboxylic acids is 1. The molecule has 0 aromatic heterocycles. The predicted molar refractivity (Wildman–Crippen MR) is 80.1 cm³/mol. The third-order valence-corrected chi connectivity index (χ3v) is 4.32. The predicted octanol–water partition coefficient (Wildman–Crippen LogP) is 1.82. The Morgan fingerprint density at radius 2 is 1.76 bits per heavy atom. The van der Waals surface area contributed by atoms with Gasteiger partial charge < -0.3 is 20.4 Å². The number of hydrogen-bond donors (Lipinski definition) is 3. The van der Waals surface area contributed by atoms with Gasteiger partial charge in [0.1, 0.15) is 0 Å². The second-order valence-electron chi connectivity index (χ2n) is 6.17. The molecule has 0 spiro atoms. The van der Waals surface area contributed by atoms with E-state index in [4.69, 9.17) is 5.11 Å². The van der Waals surface area contributed by atoms with E-state index < -0.39 is 11.4 Å². The molecule has 0 aliphatic heterocycles. The van der Waals surface area contributed by atoms with Crippen molar-refractivity contribution in [1.29, 1.82) is 0 Å². The quantitative estimate of drug-likeness (QED) is 0.653. The fourth-order valence-corrected chi connectivity index (χ4v) is 2.92. The number of carbonyl (C=O) groups excluding carboxylic acids is 1. The Kier molecular flexibility index (Phi) is 6.95. The summed E-state index contributed by atoms with van der Waals surface area (Å²) in [7, 11) is 0. The maximum absolute atomic E-state index is 12.2. The molecule has 0 heterocycles. The highest BCUT2D eigenvalue weighted by Crippen LogP contribution is 2.34. The topological polar surface area (TPSA) is 89.9 Å². The second kappa shape index (κ2) is 8.22. The molecular formula is C15H28N2O4. The van der Waals surface area contributed by atoms with Crippen LogP contribution in [0.3, 0.4) is 0 Å². The Morgan fingerprint density at radius 3 is 2.19 bits per heavy atom. The molecule has 0 bridgehead atoms. The number of hydrogen-bond acceptors (Lipinski definition) is 3. The number of carboxylic acid groups (broad SMARTS) is 1. The lowest BCUT2D eigenvalue weighted by molar-refractivity contribution is -0.149. The molecule has 1 saturated carbocycles. The molecule has 0 saturated heterocycles. The number of amides is 2. The molecule has 0 atom stereocenters. The molecule has 1 aliphatic carbocycles. The van der Waals surface area contributed by atoms with Crippen LogP contribution in [0, 0.1) is 5.41 Å². The molecule has 0 aromatic carbocycles. The minimum atomic E-state index is -0.839. The minimum absolute atomic E-state index is 0.0351. The zero-order valence-corrected chi connectivity index (χ0v) is 13.1. The molecule has 1 fully saturated rings. The molecule has 122 valence electrons. The third kappa shape index (κ3) is 4.88. The molecule has 0 radical (unpaired) electrons. The van der Waals surface area contributed by atoms with Gasteiger partial charge >= 0.3 is 12.0 Å². The summed E-state index contributed by atoms with van der Waals surface area (Å²) in [5.41, 5.74) is -0.839. The van der Waals surface area contributed by atoms with Crippen molar-refractivity contribution in [2.45, 2.75) is 58.4 Å². The van der Waals surface area contributed by atoms with E-state index in [1.54, 1.807) is 0 Å². The van der Waals surface area contributed by atoms with Crippen molar-refractivity contribution in [3.05, 3.63) is 0 Å². The van der Waals surface area contributed by atoms with Gasteiger partial charge in [0.25, 0.3) is 0 Å². The first-order valence-electron chi connectivity index (χ1n) is 7.82. The number of urea groups is 1. The largest absolute Gasteiger partial charge is 0.481 e. The van der Waals surface area contributed by atoms with Gasteiger partial charge in [-0.15, -0.1) is 0 Å². The number of aliphatic hydroxyl groups is 1. The van der Waals surface area contributed by atoms with Crippen LogP contribution >= 0.6 is 0 Å². The average Bonchev–Trinajstić information content (AvgIpc) is 2.68. The summed E-state index contributed by atoms with van der Waals surface area (Å²) in [6, 6.07) is -0.337. The van der Waals surface area contributed by atoms with Crippen LogP contribution in [0.5, 0.6) is 0 Å². The molecule has 0 unspecified atom stereocenters. The normalized spacial score (nSPS) is 18.1. The number of nitrogens with zero attached hydrogens (tertiary/aromatic N) is 1. The highest BCUT2D eigenvalue weighted by Gasteiger charge is 2.39. The number of nitrogens with one attached hydrogen (secondary N) is 1. The second-order valence-corrected chi connectivity index (χ2v) is 6.17. The van der Waals surface area contributed by atoms with Gasteiger partial charge in [-0.25, -0.2) is 4.79 Å². The first-order valence-corrected chi connectivity index (χ1v) is 7.82. The van der Waals surface area contributed by atoms with Crippen molar-refractivity contribution in [3.63, 3.8) is 0 Å². The van der Waals surface area contributed by atoms with Crippen LogP contribution in [0.2, 0.25) is 0 Å². The lowest BCUT2D eigenvalue weighted by Crippen LogP contribution is -2.50. The van der Waals surface area contributed by atoms with Gasteiger partial charge in [0.05, 0.1) is 12.0 Å². The summed E-state index contributed by atoms with van der Waals surface area (Å²) >= 11 is 0. The summed E-state index contributed by atoms with van der Waals surface area (Å²) < 4.78 is 0. The Labute approximate surface area is 126 Å². The van der Waals surface area contributed by atoms with Crippen LogP contribution in [0.25, 0.3) is 0 Å². The molecule has 6 heteroatoms. The zero-order valence-electron chi connectivity index (χ0n) is 13.1. The van der Waals surface area contributed by atoms with E-state index in [1.807, 2.05) is 13.8 Å². The number of rotatable bonds is 6. The van der Waals surface area contributed by atoms with E-state index in [-0.39, 0.29) is 31.8 Å². The average molecular weight is 300 g/mol. The molecule has 21 heavy (non-hydrogen) atoms. The number of carbonyl (C=O) groups is 2. The lowest BCUT2D eigenvalue weighted by Gasteiger charge is -2.31. The minimum Gasteiger partial charge on any atom is -0.481 e. The maximum Gasteiger partial charge on any atom is 0.317 e. The summed E-state index contributed by atoms with van der Waals surface area (Å²) in [4.78, 5) is 25.4. The van der Waals surface area contributed by atoms with Crippen molar-refractivity contribution in [3.8, 4) is 0 Å². The molecule has 0 aromatic rings. The van der Waals surface area contributed by atoms with Crippen LogP contribution in [0.15, 0.2) is 0 Å². The van der Waals surface area contributed by atoms with Crippen molar-refractivity contribution >= 4 is 12.0 Å². The van der Waals surface area contributed by atoms with Crippen molar-refractivity contribution < 1.29 is 19.8 Å². The van der Waals surface area contributed by atoms with E-state index in [1.165, 1.54) is 4.90 Å². The molecule has 1 rings (SSSR count). The highest BCUT2D eigenvalue weighted by atomic mass is 16.4. The standard InChI is InChI=1S/C15H28N2O4/c1-12(2)17(9-10-18)14(21)16-11-15(13(19)20)7-5-3-4-6-8-15/h12,18H,3-11H2,1-2H3,(H,16,21)(H,19,20). The molecule has 2 amide bonds. The Balaban J connectivity index is 2.67. The molecule has 1 aliphatic rings. The Morgan fingerprint density at radius 1 is 1.19 bits per heavy atom. The number of aliphatic hydroxyl groups excluding tert-OH is 1. The molecule has 3 N–H and O–H groups in total. The molecule has 6 nitrogen and oxygen atoms in total. The van der Waals surface area contributed by atoms with E-state index in [2.05, 4.69) is 5.32 Å². The van der Waals surface area contributed by atoms with Gasteiger partial charge in [-0.1, -0.05) is 25.7 Å². The van der Waals surface area contributed by atoms with Gasteiger partial charge in [-0.2, -0.15) is 0 Å². The summed E-state index contributed by atoms with van der Waals surface area (Å²) in [6.45, 7) is 4.05. The lowest BCUT2D eigenvalue weighted by atomic mass is 9.80. The van der Waals surface area contributed by atoms with Crippen molar-refractivity contribution in [2.24, 2.45) is 5.41 Å². The maximum atomic E-state index is 12.2. The fraction of sp³-hybridized carbons (Fsp3) is 0.867.